The first kappa shape index (κ1) is 21.8. The van der Waals surface area contributed by atoms with Crippen LogP contribution in [-0.4, -0.2) is 19.7 Å². The number of benzene rings is 3. The Balaban J connectivity index is 1.42. The van der Waals surface area contributed by atoms with E-state index in [0.29, 0.717) is 17.1 Å². The van der Waals surface area contributed by atoms with E-state index in [1.54, 1.807) is 12.1 Å². The second-order valence-electron chi connectivity index (χ2n) is 7.68. The molecule has 0 spiro atoms. The van der Waals surface area contributed by atoms with Crippen molar-refractivity contribution < 1.29 is 13.2 Å². The van der Waals surface area contributed by atoms with Gasteiger partial charge in [-0.05, 0) is 48.0 Å². The van der Waals surface area contributed by atoms with Crippen LogP contribution >= 0.6 is 11.6 Å². The fourth-order valence-corrected chi connectivity index (χ4v) is 3.87. The second-order valence-corrected chi connectivity index (χ2v) is 8.08. The lowest BCUT2D eigenvalue weighted by molar-refractivity contribution is -0.137. The van der Waals surface area contributed by atoms with Crippen LogP contribution in [0, 0.1) is 0 Å². The molecule has 172 valence electrons. The minimum Gasteiger partial charge on any atom is -0.368 e. The molecule has 5 aromatic rings. The van der Waals surface area contributed by atoms with Crippen molar-refractivity contribution in [1.82, 2.24) is 19.7 Å². The number of para-hydroxylation sites is 1. The van der Waals surface area contributed by atoms with E-state index >= 15 is 0 Å². The van der Waals surface area contributed by atoms with E-state index in [-0.39, 0.29) is 11.5 Å². The molecule has 0 bridgehead atoms. The number of hydrogen-bond donors (Lipinski definition) is 3. The number of alkyl halides is 3. The molecular weight excluding hydrogens is 467 g/mol. The highest BCUT2D eigenvalue weighted by molar-refractivity contribution is 6.33. The molecule has 0 saturated carbocycles. The van der Waals surface area contributed by atoms with Gasteiger partial charge in [-0.1, -0.05) is 41.9 Å². The van der Waals surface area contributed by atoms with Gasteiger partial charge in [0.25, 0.3) is 0 Å². The third kappa shape index (κ3) is 4.29. The number of aromatic nitrogens is 4. The Morgan fingerprint density at radius 3 is 2.59 bits per heavy atom. The maximum atomic E-state index is 13.1. The van der Waals surface area contributed by atoms with E-state index < -0.39 is 17.4 Å². The predicted molar refractivity (Wildman–Crippen MR) is 125 cm³/mol. The Hall–Kier alpha value is -3.98. The summed E-state index contributed by atoms with van der Waals surface area (Å²) in [5.41, 5.74) is 0.791. The Kier molecular flexibility index (Phi) is 5.41. The van der Waals surface area contributed by atoms with E-state index in [2.05, 4.69) is 20.4 Å². The lowest BCUT2D eigenvalue weighted by Gasteiger charge is -2.08. The molecule has 0 aliphatic carbocycles. The van der Waals surface area contributed by atoms with Crippen molar-refractivity contribution in [2.24, 2.45) is 0 Å². The first-order valence-electron chi connectivity index (χ1n) is 10.3. The summed E-state index contributed by atoms with van der Waals surface area (Å²) in [6.07, 6.45) is -4.53. The third-order valence-corrected chi connectivity index (χ3v) is 5.66. The van der Waals surface area contributed by atoms with Crippen LogP contribution < -0.4 is 11.0 Å². The second kappa shape index (κ2) is 8.42. The van der Waals surface area contributed by atoms with Crippen LogP contribution in [0.25, 0.3) is 28.0 Å². The number of halogens is 4. The number of nitrogens with one attached hydrogen (secondary N) is 3. The highest BCUT2D eigenvalue weighted by atomic mass is 35.5. The molecule has 0 saturated heterocycles. The molecule has 34 heavy (non-hydrogen) atoms. The summed E-state index contributed by atoms with van der Waals surface area (Å²) >= 11 is 6.35. The number of hydrogen-bond acceptors (Lipinski definition) is 3. The minimum atomic E-state index is -4.53. The molecule has 2 heterocycles. The largest absolute Gasteiger partial charge is 0.416 e. The van der Waals surface area contributed by atoms with Crippen LogP contribution in [0.2, 0.25) is 5.02 Å². The van der Waals surface area contributed by atoms with Crippen LogP contribution in [-0.2, 0) is 12.7 Å². The van der Waals surface area contributed by atoms with Crippen LogP contribution in [0.5, 0.6) is 0 Å². The van der Waals surface area contributed by atoms with E-state index in [0.717, 1.165) is 39.1 Å². The molecule has 0 aliphatic heterocycles. The molecule has 0 aliphatic rings. The van der Waals surface area contributed by atoms with E-state index in [1.165, 1.54) is 12.1 Å². The first-order valence-corrected chi connectivity index (χ1v) is 10.6. The molecule has 2 aromatic heterocycles. The van der Waals surface area contributed by atoms with Crippen LogP contribution in [0.15, 0.2) is 77.6 Å². The molecule has 0 fully saturated rings. The Labute approximate surface area is 196 Å². The molecule has 0 atom stereocenters. The molecule has 6 nitrogen and oxygen atoms in total. The number of H-pyrrole nitrogens is 2. The summed E-state index contributed by atoms with van der Waals surface area (Å²) in [6.45, 7) is 0.468. The van der Waals surface area contributed by atoms with E-state index in [4.69, 9.17) is 11.6 Å². The molecule has 5 rings (SSSR count). The molecule has 3 aromatic carbocycles. The van der Waals surface area contributed by atoms with Crippen molar-refractivity contribution in [3.05, 3.63) is 99.4 Å². The molecule has 0 amide bonds. The Morgan fingerprint density at radius 1 is 0.971 bits per heavy atom. The zero-order valence-electron chi connectivity index (χ0n) is 17.4. The zero-order chi connectivity index (χ0) is 23.9. The molecule has 0 radical (unpaired) electrons. The Morgan fingerprint density at radius 2 is 1.79 bits per heavy atom. The standard InChI is InChI=1S/C24H17ClF3N5O/c25-19-9-8-14(13-29-21-11-15-4-1-2-7-20(15)30-21)10-18(19)22-31-23(34)33(32-22)17-6-3-5-16(12-17)24(26,27)28/h1-12,29-30H,13H2,(H,31,32,34). The van der Waals surface area contributed by atoms with Crippen molar-refractivity contribution in [3.8, 4) is 17.1 Å². The summed E-state index contributed by atoms with van der Waals surface area (Å²) < 4.78 is 40.1. The smallest absolute Gasteiger partial charge is 0.368 e. The van der Waals surface area contributed by atoms with Crippen molar-refractivity contribution in [3.63, 3.8) is 0 Å². The number of fused-ring (bicyclic) bond motifs is 1. The highest BCUT2D eigenvalue weighted by Gasteiger charge is 2.30. The zero-order valence-corrected chi connectivity index (χ0v) is 18.2. The number of rotatable bonds is 5. The van der Waals surface area contributed by atoms with Crippen molar-refractivity contribution in [2.75, 3.05) is 5.32 Å². The minimum absolute atomic E-state index is 0.00456. The molecular formula is C24H17ClF3N5O. The van der Waals surface area contributed by atoms with Gasteiger partial charge in [0.05, 0.1) is 16.3 Å². The van der Waals surface area contributed by atoms with Crippen LogP contribution in [0.4, 0.5) is 19.0 Å². The summed E-state index contributed by atoms with van der Waals surface area (Å²) in [7, 11) is 0. The summed E-state index contributed by atoms with van der Waals surface area (Å²) in [5.74, 6) is 1.000. The number of anilines is 1. The number of nitrogens with zero attached hydrogens (tertiary/aromatic N) is 2. The van der Waals surface area contributed by atoms with Gasteiger partial charge in [-0.15, -0.1) is 5.10 Å². The quantitative estimate of drug-likeness (QED) is 0.287. The fraction of sp³-hybridized carbons (Fsp3) is 0.0833. The lowest BCUT2D eigenvalue weighted by Crippen LogP contribution is -2.16. The Bertz CT molecular complexity index is 1520. The molecule has 3 N–H and O–H groups in total. The lowest BCUT2D eigenvalue weighted by atomic mass is 10.1. The first-order chi connectivity index (χ1) is 16.3. The van der Waals surface area contributed by atoms with Crippen molar-refractivity contribution in [2.45, 2.75) is 12.7 Å². The van der Waals surface area contributed by atoms with Crippen LogP contribution in [0.3, 0.4) is 0 Å². The van der Waals surface area contributed by atoms with Gasteiger partial charge in [0.2, 0.25) is 0 Å². The molecule has 0 unspecified atom stereocenters. The van der Waals surface area contributed by atoms with Gasteiger partial charge in [0.15, 0.2) is 5.82 Å². The SMILES string of the molecule is O=c1[nH]c(-c2cc(CNc3cc4ccccc4[nH]3)ccc2Cl)nn1-c1cccc(C(F)(F)F)c1. The van der Waals surface area contributed by atoms with Gasteiger partial charge < -0.3 is 10.3 Å². The highest BCUT2D eigenvalue weighted by Crippen LogP contribution is 2.31. The summed E-state index contributed by atoms with van der Waals surface area (Å²) in [5, 5.41) is 8.93. The van der Waals surface area contributed by atoms with E-state index in [1.807, 2.05) is 36.4 Å². The topological polar surface area (TPSA) is 78.5 Å². The summed E-state index contributed by atoms with van der Waals surface area (Å²) in [6, 6.07) is 19.6. The van der Waals surface area contributed by atoms with E-state index in [9.17, 15) is 18.0 Å². The van der Waals surface area contributed by atoms with Crippen molar-refractivity contribution in [1.29, 1.82) is 0 Å². The van der Waals surface area contributed by atoms with Gasteiger partial charge in [-0.2, -0.15) is 17.9 Å². The molecule has 10 heteroatoms. The average molecular weight is 484 g/mol. The van der Waals surface area contributed by atoms with Gasteiger partial charge >= 0.3 is 11.9 Å². The average Bonchev–Trinajstić information content (AvgIpc) is 3.41. The van der Waals surface area contributed by atoms with Gasteiger partial charge in [-0.3, -0.25) is 4.98 Å². The van der Waals surface area contributed by atoms with Gasteiger partial charge in [0, 0.05) is 23.0 Å². The maximum absolute atomic E-state index is 13.1. The van der Waals surface area contributed by atoms with Gasteiger partial charge in [0.1, 0.15) is 5.82 Å². The predicted octanol–water partition coefficient (Wildman–Crippen LogP) is 5.99. The third-order valence-electron chi connectivity index (χ3n) is 5.33. The number of aromatic amines is 2. The normalized spacial score (nSPS) is 11.8. The monoisotopic (exact) mass is 483 g/mol. The maximum Gasteiger partial charge on any atom is 0.416 e. The van der Waals surface area contributed by atoms with Gasteiger partial charge in [-0.25, -0.2) is 4.79 Å². The van der Waals surface area contributed by atoms with Crippen molar-refractivity contribution >= 4 is 28.3 Å². The van der Waals surface area contributed by atoms with Crippen LogP contribution in [0.1, 0.15) is 11.1 Å². The fourth-order valence-electron chi connectivity index (χ4n) is 3.66. The summed E-state index contributed by atoms with van der Waals surface area (Å²) in [4.78, 5) is 18.3.